The molecule has 222 valence electrons. The Bertz CT molecular complexity index is 1550. The number of fused-ring (bicyclic) bond motifs is 5. The number of rotatable bonds is 3. The topological polar surface area (TPSA) is 108 Å². The Morgan fingerprint density at radius 2 is 1.83 bits per heavy atom. The van der Waals surface area contributed by atoms with Crippen LogP contribution in [0.25, 0.3) is 11.3 Å². The summed E-state index contributed by atoms with van der Waals surface area (Å²) in [6.07, 6.45) is 2.62. The van der Waals surface area contributed by atoms with E-state index in [4.69, 9.17) is 18.7 Å². The lowest BCUT2D eigenvalue weighted by Gasteiger charge is -2.52. The first-order valence-corrected chi connectivity index (χ1v) is 14.9. The molecule has 2 bridgehead atoms. The number of carbonyl (C=O) groups excluding carboxylic acids is 2. The van der Waals surface area contributed by atoms with Crippen molar-refractivity contribution in [2.24, 2.45) is 34.5 Å². The van der Waals surface area contributed by atoms with E-state index in [0.29, 0.717) is 28.5 Å². The van der Waals surface area contributed by atoms with Crippen molar-refractivity contribution in [1.29, 1.82) is 0 Å². The monoisotopic (exact) mass is 573 g/mol. The molecule has 7 rings (SSSR count). The Labute approximate surface area is 246 Å². The van der Waals surface area contributed by atoms with Gasteiger partial charge in [-0.05, 0) is 68.4 Å². The van der Waals surface area contributed by atoms with Crippen LogP contribution in [-0.4, -0.2) is 52.2 Å². The molecule has 1 spiro atoms. The number of esters is 1. The second-order valence-electron chi connectivity index (χ2n) is 14.1. The summed E-state index contributed by atoms with van der Waals surface area (Å²) in [6.45, 7) is 13.8. The van der Waals surface area contributed by atoms with Gasteiger partial charge in [0.25, 0.3) is 0 Å². The molecule has 0 radical (unpaired) electrons. The van der Waals surface area contributed by atoms with Gasteiger partial charge in [0.05, 0.1) is 12.0 Å². The van der Waals surface area contributed by atoms with Crippen molar-refractivity contribution >= 4 is 11.8 Å². The maximum Gasteiger partial charge on any atom is 0.344 e. The fraction of sp³-hybridized carbons (Fsp3) is 0.559. The number of hydrogen-bond acceptors (Lipinski definition) is 8. The van der Waals surface area contributed by atoms with Crippen LogP contribution in [0.1, 0.15) is 64.1 Å². The Morgan fingerprint density at radius 3 is 2.55 bits per heavy atom. The SMILES string of the molecule is CC1=CC23C(=O)[C@@H](C=C4COC(C)(C)O[C@H]4[C@]2(O)[C@H]1OC(=O)c1c(-c2ccccc2)noc1C)[C@H]1[C@@H](CC3C)C1(C)C. The van der Waals surface area contributed by atoms with Crippen molar-refractivity contribution in [3.8, 4) is 11.3 Å². The molecule has 2 saturated carbocycles. The molecule has 2 heterocycles. The van der Waals surface area contributed by atoms with Gasteiger partial charge in [-0.2, -0.15) is 0 Å². The minimum Gasteiger partial charge on any atom is -0.451 e. The molecule has 0 amide bonds. The summed E-state index contributed by atoms with van der Waals surface area (Å²) in [7, 11) is 0. The highest BCUT2D eigenvalue weighted by Gasteiger charge is 2.77. The third-order valence-electron chi connectivity index (χ3n) is 11.0. The van der Waals surface area contributed by atoms with Crippen LogP contribution in [-0.2, 0) is 19.0 Å². The largest absolute Gasteiger partial charge is 0.451 e. The van der Waals surface area contributed by atoms with E-state index in [0.717, 1.165) is 12.0 Å². The zero-order valence-corrected chi connectivity index (χ0v) is 25.3. The predicted octanol–water partition coefficient (Wildman–Crippen LogP) is 5.44. The van der Waals surface area contributed by atoms with Gasteiger partial charge in [-0.1, -0.05) is 68.4 Å². The molecular weight excluding hydrogens is 534 g/mol. The molecule has 1 N–H and O–H groups in total. The second-order valence-corrected chi connectivity index (χ2v) is 14.1. The number of ether oxygens (including phenoxy) is 3. The van der Waals surface area contributed by atoms with Crippen molar-refractivity contribution in [2.45, 2.75) is 78.5 Å². The Morgan fingerprint density at radius 1 is 1.12 bits per heavy atom. The van der Waals surface area contributed by atoms with Gasteiger partial charge in [-0.25, -0.2) is 4.79 Å². The standard InChI is InChI=1S/C34H39NO7/c1-17-15-33-18(2)13-23-25(31(23,4)5)22(27(33)36)14-21-16-39-32(6,7)41-29(21)34(33,38)28(17)40-30(37)24-19(3)42-35-26(24)20-11-9-8-10-12-20/h8-12,14-15,18,22-23,25,28-29,38H,13,16H2,1-7H3/t18?,22-,23+,25-,28-,29+,33?,34+/m0/s1. The van der Waals surface area contributed by atoms with Crippen LogP contribution in [0.2, 0.25) is 0 Å². The smallest absolute Gasteiger partial charge is 0.344 e. The molecule has 4 aliphatic carbocycles. The summed E-state index contributed by atoms with van der Waals surface area (Å²) in [4.78, 5) is 28.9. The molecule has 2 aromatic rings. The molecule has 1 aliphatic heterocycles. The zero-order chi connectivity index (χ0) is 30.0. The summed E-state index contributed by atoms with van der Waals surface area (Å²) in [5.74, 6) is -1.49. The summed E-state index contributed by atoms with van der Waals surface area (Å²) >= 11 is 0. The van der Waals surface area contributed by atoms with Gasteiger partial charge in [0, 0.05) is 11.5 Å². The van der Waals surface area contributed by atoms with E-state index < -0.39 is 40.9 Å². The minimum atomic E-state index is -1.89. The molecule has 42 heavy (non-hydrogen) atoms. The van der Waals surface area contributed by atoms with Crippen LogP contribution in [0.4, 0.5) is 0 Å². The number of Topliss-reactive ketones (excluding diaryl/α,β-unsaturated/α-hetero) is 1. The molecule has 8 heteroatoms. The quantitative estimate of drug-likeness (QED) is 0.382. The number of allylic oxidation sites excluding steroid dienone is 1. The van der Waals surface area contributed by atoms with E-state index in [-0.39, 0.29) is 35.2 Å². The van der Waals surface area contributed by atoms with Crippen LogP contribution in [0.15, 0.2) is 58.2 Å². The van der Waals surface area contributed by atoms with Gasteiger partial charge >= 0.3 is 5.97 Å². The van der Waals surface area contributed by atoms with Crippen molar-refractivity contribution < 1.29 is 33.4 Å². The lowest BCUT2D eigenvalue weighted by Crippen LogP contribution is -2.68. The van der Waals surface area contributed by atoms with E-state index in [1.54, 1.807) is 20.8 Å². The fourth-order valence-corrected chi connectivity index (χ4v) is 8.87. The number of ketones is 1. The summed E-state index contributed by atoms with van der Waals surface area (Å²) in [6, 6.07) is 9.28. The normalized spacial score (nSPS) is 39.1. The highest BCUT2D eigenvalue weighted by atomic mass is 16.7. The molecule has 8 nitrogen and oxygen atoms in total. The number of hydrogen-bond donors (Lipinski definition) is 1. The van der Waals surface area contributed by atoms with E-state index >= 15 is 0 Å². The Kier molecular flexibility index (Phi) is 5.77. The number of carbonyl (C=O) groups is 2. The van der Waals surface area contributed by atoms with Crippen LogP contribution >= 0.6 is 0 Å². The Hall–Kier alpha value is -3.07. The average Bonchev–Trinajstić information content (AvgIpc) is 3.20. The van der Waals surface area contributed by atoms with Gasteiger partial charge in [0.1, 0.15) is 23.1 Å². The van der Waals surface area contributed by atoms with Crippen molar-refractivity contribution in [1.82, 2.24) is 5.16 Å². The maximum atomic E-state index is 14.9. The average molecular weight is 574 g/mol. The highest BCUT2D eigenvalue weighted by Crippen LogP contribution is 2.72. The van der Waals surface area contributed by atoms with E-state index in [1.807, 2.05) is 49.4 Å². The van der Waals surface area contributed by atoms with Crippen molar-refractivity contribution in [3.63, 3.8) is 0 Å². The van der Waals surface area contributed by atoms with Gasteiger partial charge < -0.3 is 23.8 Å². The van der Waals surface area contributed by atoms with E-state index in [1.165, 1.54) is 0 Å². The molecular formula is C34H39NO7. The lowest BCUT2D eigenvalue weighted by atomic mass is 9.59. The second kappa shape index (κ2) is 8.74. The zero-order valence-electron chi connectivity index (χ0n) is 25.3. The van der Waals surface area contributed by atoms with Gasteiger partial charge in [-0.15, -0.1) is 0 Å². The van der Waals surface area contributed by atoms with Gasteiger partial charge in [0.15, 0.2) is 23.3 Å². The molecule has 1 saturated heterocycles. The van der Waals surface area contributed by atoms with Crippen molar-refractivity contribution in [3.05, 3.63) is 65.0 Å². The molecule has 5 aliphatic rings. The summed E-state index contributed by atoms with van der Waals surface area (Å²) in [5, 5.41) is 17.4. The fourth-order valence-electron chi connectivity index (χ4n) is 8.87. The third-order valence-corrected chi connectivity index (χ3v) is 11.0. The molecule has 8 atom stereocenters. The third kappa shape index (κ3) is 3.49. The maximum absolute atomic E-state index is 14.9. The number of aryl methyl sites for hydroxylation is 1. The number of aliphatic hydroxyl groups is 1. The highest BCUT2D eigenvalue weighted by molar-refractivity contribution is 5.98. The number of benzene rings is 1. The first kappa shape index (κ1) is 27.7. The van der Waals surface area contributed by atoms with E-state index in [2.05, 4.69) is 25.9 Å². The lowest BCUT2D eigenvalue weighted by molar-refractivity contribution is -0.302. The first-order valence-electron chi connectivity index (χ1n) is 14.9. The summed E-state index contributed by atoms with van der Waals surface area (Å²) < 4.78 is 24.3. The predicted molar refractivity (Wildman–Crippen MR) is 153 cm³/mol. The Balaban J connectivity index is 1.36. The van der Waals surface area contributed by atoms with Crippen LogP contribution < -0.4 is 0 Å². The molecule has 1 aromatic heterocycles. The van der Waals surface area contributed by atoms with Crippen LogP contribution in [0.3, 0.4) is 0 Å². The van der Waals surface area contributed by atoms with Crippen molar-refractivity contribution in [2.75, 3.05) is 6.61 Å². The van der Waals surface area contributed by atoms with Crippen LogP contribution in [0.5, 0.6) is 0 Å². The van der Waals surface area contributed by atoms with Gasteiger partial charge in [0.2, 0.25) is 0 Å². The number of aromatic nitrogens is 1. The molecule has 3 fully saturated rings. The molecule has 2 unspecified atom stereocenters. The molecule has 1 aromatic carbocycles. The number of nitrogens with zero attached hydrogens (tertiary/aromatic N) is 1. The van der Waals surface area contributed by atoms with Gasteiger partial charge in [-0.3, -0.25) is 4.79 Å². The minimum absolute atomic E-state index is 0.0176. The summed E-state index contributed by atoms with van der Waals surface area (Å²) in [5.41, 5.74) is -0.553. The first-order chi connectivity index (χ1) is 19.7. The van der Waals surface area contributed by atoms with E-state index in [9.17, 15) is 14.7 Å². The van der Waals surface area contributed by atoms with Crippen LogP contribution in [0, 0.1) is 41.4 Å².